The van der Waals surface area contributed by atoms with Gasteiger partial charge >= 0.3 is 102 Å². The van der Waals surface area contributed by atoms with E-state index in [4.69, 9.17) is 4.74 Å². The minimum absolute atomic E-state index is 0.371. The van der Waals surface area contributed by atoms with Crippen LogP contribution in [0.5, 0.6) is 0 Å². The van der Waals surface area contributed by atoms with Crippen LogP contribution in [0.15, 0.2) is 54.6 Å². The Labute approximate surface area is 103 Å². The number of ether oxygens (including phenoxy) is 1. The van der Waals surface area contributed by atoms with Gasteiger partial charge < -0.3 is 0 Å². The van der Waals surface area contributed by atoms with Crippen LogP contribution in [0, 0.1) is 0 Å². The second kappa shape index (κ2) is 5.86. The Balaban J connectivity index is 2.21. The van der Waals surface area contributed by atoms with Crippen molar-refractivity contribution in [3.05, 3.63) is 60.2 Å². The van der Waals surface area contributed by atoms with E-state index in [0.29, 0.717) is 21.6 Å². The van der Waals surface area contributed by atoms with E-state index >= 15 is 0 Å². The minimum atomic E-state index is 0.371. The van der Waals surface area contributed by atoms with E-state index < -0.39 is 0 Å². The third-order valence-electron chi connectivity index (χ3n) is 2.24. The molecule has 0 saturated carbocycles. The average molecular weight is 277 g/mol. The fraction of sp³-hybridized carbons (Fsp3) is 0.143. The van der Waals surface area contributed by atoms with E-state index in [1.54, 1.807) is 7.11 Å². The maximum atomic E-state index is 5.22. The van der Waals surface area contributed by atoms with Gasteiger partial charge in [0, 0.05) is 0 Å². The van der Waals surface area contributed by atoms with E-state index in [2.05, 4.69) is 54.6 Å². The van der Waals surface area contributed by atoms with E-state index in [9.17, 15) is 0 Å². The summed E-state index contributed by atoms with van der Waals surface area (Å²) in [6, 6.07) is 19.1. The van der Waals surface area contributed by atoms with Crippen molar-refractivity contribution in [1.82, 2.24) is 0 Å². The molecule has 1 nitrogen and oxygen atoms in total. The Morgan fingerprint density at radius 3 is 2.38 bits per heavy atom. The van der Waals surface area contributed by atoms with Gasteiger partial charge in [-0.05, 0) is 0 Å². The standard InChI is InChI=1S/C14H14OSe/c1-15-11-12-7-5-6-10-14(12)16-13-8-3-2-4-9-13/h2-10H,11H2,1H3. The molecule has 0 spiro atoms. The van der Waals surface area contributed by atoms with Crippen LogP contribution in [0.1, 0.15) is 5.56 Å². The Morgan fingerprint density at radius 1 is 0.938 bits per heavy atom. The van der Waals surface area contributed by atoms with E-state index in [1.165, 1.54) is 14.5 Å². The van der Waals surface area contributed by atoms with Crippen molar-refractivity contribution >= 4 is 23.9 Å². The molecule has 0 unspecified atom stereocenters. The first kappa shape index (κ1) is 11.4. The third-order valence-corrected chi connectivity index (χ3v) is 4.61. The zero-order valence-electron chi connectivity index (χ0n) is 9.22. The van der Waals surface area contributed by atoms with Crippen LogP contribution >= 0.6 is 0 Å². The van der Waals surface area contributed by atoms with Gasteiger partial charge in [-0.3, -0.25) is 0 Å². The van der Waals surface area contributed by atoms with Crippen molar-refractivity contribution in [2.24, 2.45) is 0 Å². The predicted molar refractivity (Wildman–Crippen MR) is 68.6 cm³/mol. The first-order chi connectivity index (χ1) is 7.90. The van der Waals surface area contributed by atoms with Crippen LogP contribution in [-0.4, -0.2) is 22.1 Å². The predicted octanol–water partition coefficient (Wildman–Crippen LogP) is 1.49. The molecule has 2 heteroatoms. The molecule has 2 rings (SSSR count). The van der Waals surface area contributed by atoms with Crippen LogP contribution in [0.2, 0.25) is 0 Å². The van der Waals surface area contributed by atoms with Gasteiger partial charge in [-0.15, -0.1) is 0 Å². The van der Waals surface area contributed by atoms with Crippen molar-refractivity contribution in [2.75, 3.05) is 7.11 Å². The third kappa shape index (κ3) is 2.96. The summed E-state index contributed by atoms with van der Waals surface area (Å²) in [5.41, 5.74) is 1.30. The molecule has 0 saturated heterocycles. The van der Waals surface area contributed by atoms with Gasteiger partial charge in [-0.2, -0.15) is 0 Å². The Bertz CT molecular complexity index is 439. The normalized spacial score (nSPS) is 10.3. The molecule has 0 aliphatic heterocycles. The fourth-order valence-electron chi connectivity index (χ4n) is 1.49. The molecule has 0 atom stereocenters. The molecule has 0 fully saturated rings. The van der Waals surface area contributed by atoms with Crippen LogP contribution < -0.4 is 8.92 Å². The molecule has 2 aromatic carbocycles. The Kier molecular flexibility index (Phi) is 4.17. The summed E-state index contributed by atoms with van der Waals surface area (Å²) < 4.78 is 8.02. The molecular weight excluding hydrogens is 263 g/mol. The molecule has 2 aromatic rings. The van der Waals surface area contributed by atoms with Crippen molar-refractivity contribution in [3.8, 4) is 0 Å². The maximum absolute atomic E-state index is 5.22. The first-order valence-electron chi connectivity index (χ1n) is 5.20. The second-order valence-corrected chi connectivity index (χ2v) is 5.80. The quantitative estimate of drug-likeness (QED) is 0.769. The fourth-order valence-corrected chi connectivity index (χ4v) is 3.49. The van der Waals surface area contributed by atoms with Gasteiger partial charge in [0.1, 0.15) is 0 Å². The van der Waals surface area contributed by atoms with E-state index in [1.807, 2.05) is 0 Å². The molecular formula is C14H14OSe. The summed E-state index contributed by atoms with van der Waals surface area (Å²) >= 11 is 0.371. The second-order valence-electron chi connectivity index (χ2n) is 3.46. The molecule has 0 bridgehead atoms. The molecule has 0 N–H and O–H groups in total. The van der Waals surface area contributed by atoms with Crippen molar-refractivity contribution in [3.63, 3.8) is 0 Å². The molecule has 0 radical (unpaired) electrons. The van der Waals surface area contributed by atoms with E-state index in [0.717, 1.165) is 0 Å². The van der Waals surface area contributed by atoms with Gasteiger partial charge in [-0.1, -0.05) is 0 Å². The summed E-state index contributed by atoms with van der Waals surface area (Å²) in [6.45, 7) is 0.699. The average Bonchev–Trinajstić information content (AvgIpc) is 2.33. The van der Waals surface area contributed by atoms with Gasteiger partial charge in [0.2, 0.25) is 0 Å². The Hall–Kier alpha value is -1.08. The number of hydrogen-bond donors (Lipinski definition) is 0. The van der Waals surface area contributed by atoms with E-state index in [-0.39, 0.29) is 0 Å². The summed E-state index contributed by atoms with van der Waals surface area (Å²) in [7, 11) is 1.74. The van der Waals surface area contributed by atoms with Crippen molar-refractivity contribution in [1.29, 1.82) is 0 Å². The zero-order chi connectivity index (χ0) is 11.2. The number of methoxy groups -OCH3 is 1. The number of hydrogen-bond acceptors (Lipinski definition) is 1. The molecule has 0 heterocycles. The van der Waals surface area contributed by atoms with Crippen LogP contribution in [-0.2, 0) is 11.3 Å². The number of rotatable bonds is 4. The summed E-state index contributed by atoms with van der Waals surface area (Å²) in [4.78, 5) is 0. The van der Waals surface area contributed by atoms with Gasteiger partial charge in [0.15, 0.2) is 0 Å². The molecule has 16 heavy (non-hydrogen) atoms. The van der Waals surface area contributed by atoms with Crippen LogP contribution in [0.3, 0.4) is 0 Å². The summed E-state index contributed by atoms with van der Waals surface area (Å²) in [5.74, 6) is 0. The summed E-state index contributed by atoms with van der Waals surface area (Å²) in [5, 5.41) is 0. The van der Waals surface area contributed by atoms with Gasteiger partial charge in [0.25, 0.3) is 0 Å². The molecule has 82 valence electrons. The first-order valence-corrected chi connectivity index (χ1v) is 6.91. The van der Waals surface area contributed by atoms with Gasteiger partial charge in [-0.25, -0.2) is 0 Å². The van der Waals surface area contributed by atoms with Gasteiger partial charge in [0.05, 0.1) is 0 Å². The Morgan fingerprint density at radius 2 is 1.62 bits per heavy atom. The molecule has 0 aliphatic carbocycles. The topological polar surface area (TPSA) is 9.23 Å². The van der Waals surface area contributed by atoms with Crippen LogP contribution in [0.25, 0.3) is 0 Å². The van der Waals surface area contributed by atoms with Crippen LogP contribution in [0.4, 0.5) is 0 Å². The SMILES string of the molecule is COCc1ccccc1[Se]c1ccccc1. The number of benzene rings is 2. The molecule has 0 aromatic heterocycles. The summed E-state index contributed by atoms with van der Waals surface area (Å²) in [6.07, 6.45) is 0. The molecule has 0 amide bonds. The monoisotopic (exact) mass is 278 g/mol. The zero-order valence-corrected chi connectivity index (χ0v) is 10.9. The van der Waals surface area contributed by atoms with Crippen molar-refractivity contribution < 1.29 is 4.74 Å². The van der Waals surface area contributed by atoms with Crippen molar-refractivity contribution in [2.45, 2.75) is 6.61 Å². The molecule has 0 aliphatic rings.